The van der Waals surface area contributed by atoms with Crippen LogP contribution in [0.3, 0.4) is 0 Å². The largest absolute Gasteiger partial charge is 0.493 e. The van der Waals surface area contributed by atoms with E-state index in [1.807, 2.05) is 59.5 Å². The number of carbonyl (C=O) groups excluding carboxylic acids is 1. The van der Waals surface area contributed by atoms with Crippen LogP contribution < -0.4 is 9.47 Å². The number of amides is 1. The van der Waals surface area contributed by atoms with Crippen molar-refractivity contribution < 1.29 is 14.3 Å². The van der Waals surface area contributed by atoms with Crippen LogP contribution in [0, 0.1) is 17.2 Å². The Balaban J connectivity index is 1.68. The van der Waals surface area contributed by atoms with Gasteiger partial charge in [0.1, 0.15) is 6.07 Å². The molecule has 0 N–H and O–H groups in total. The number of nitrogens with zero attached hydrogens (tertiary/aromatic N) is 3. The third-order valence-electron chi connectivity index (χ3n) is 5.99. The molecule has 2 aliphatic rings. The molecular weight excluding hydrogens is 434 g/mol. The van der Waals surface area contributed by atoms with Gasteiger partial charge in [-0.05, 0) is 66.4 Å². The Morgan fingerprint density at radius 3 is 2.70 bits per heavy atom. The Morgan fingerprint density at radius 2 is 1.97 bits per heavy atom. The number of hydrogen-bond acceptors (Lipinski definition) is 6. The van der Waals surface area contributed by atoms with Gasteiger partial charge in [-0.25, -0.2) is 4.99 Å². The van der Waals surface area contributed by atoms with Crippen molar-refractivity contribution in [1.29, 1.82) is 5.26 Å². The molecule has 0 radical (unpaired) electrons. The van der Waals surface area contributed by atoms with E-state index in [4.69, 9.17) is 19.7 Å². The quantitative estimate of drug-likeness (QED) is 0.510. The molecule has 2 fully saturated rings. The normalized spacial score (nSPS) is 23.1. The van der Waals surface area contributed by atoms with E-state index in [1.54, 1.807) is 13.2 Å². The first-order valence-electron chi connectivity index (χ1n) is 11.2. The Labute approximate surface area is 198 Å². The van der Waals surface area contributed by atoms with Crippen LogP contribution in [0.15, 0.2) is 58.4 Å². The van der Waals surface area contributed by atoms with Gasteiger partial charge >= 0.3 is 0 Å². The van der Waals surface area contributed by atoms with Crippen LogP contribution >= 0.6 is 11.8 Å². The average molecular weight is 462 g/mol. The summed E-state index contributed by atoms with van der Waals surface area (Å²) in [6.45, 7) is 2.17. The highest BCUT2D eigenvalue weighted by molar-refractivity contribution is 8.18. The van der Waals surface area contributed by atoms with Crippen molar-refractivity contribution in [3.05, 3.63) is 59.0 Å². The van der Waals surface area contributed by atoms with Crippen LogP contribution in [0.2, 0.25) is 0 Å². The van der Waals surface area contributed by atoms with E-state index in [0.29, 0.717) is 22.3 Å². The fraction of sp³-hybridized carbons (Fsp3) is 0.346. The number of ether oxygens (including phenoxy) is 2. The molecular formula is C26H27N3O3S. The van der Waals surface area contributed by atoms with Crippen LogP contribution in [0.5, 0.6) is 11.5 Å². The van der Waals surface area contributed by atoms with Gasteiger partial charge in [-0.2, -0.15) is 5.26 Å². The number of benzene rings is 2. The Kier molecular flexibility index (Phi) is 7.36. The second-order valence-electron chi connectivity index (χ2n) is 8.20. The predicted molar refractivity (Wildman–Crippen MR) is 131 cm³/mol. The maximum Gasteiger partial charge on any atom is 0.267 e. The monoisotopic (exact) mass is 461 g/mol. The zero-order chi connectivity index (χ0) is 23.2. The Hall–Kier alpha value is -3.24. The molecule has 1 aliphatic heterocycles. The lowest BCUT2D eigenvalue weighted by atomic mass is 9.85. The van der Waals surface area contributed by atoms with Crippen molar-refractivity contribution in [3.8, 4) is 17.6 Å². The molecule has 1 heterocycles. The summed E-state index contributed by atoms with van der Waals surface area (Å²) in [6.07, 6.45) is 6.33. The van der Waals surface area contributed by atoms with Gasteiger partial charge in [-0.3, -0.25) is 9.69 Å². The van der Waals surface area contributed by atoms with E-state index in [0.717, 1.165) is 35.7 Å². The summed E-state index contributed by atoms with van der Waals surface area (Å²) >= 11 is 1.42. The molecule has 1 saturated heterocycles. The first-order chi connectivity index (χ1) is 16.1. The minimum absolute atomic E-state index is 0.00259. The molecule has 4 rings (SSSR count). The molecule has 33 heavy (non-hydrogen) atoms. The fourth-order valence-corrected chi connectivity index (χ4v) is 5.35. The molecule has 2 aromatic rings. The number of rotatable bonds is 6. The first kappa shape index (κ1) is 22.9. The minimum Gasteiger partial charge on any atom is -0.493 e. The number of nitriles is 1. The van der Waals surface area contributed by atoms with Crippen molar-refractivity contribution >= 4 is 34.6 Å². The summed E-state index contributed by atoms with van der Waals surface area (Å²) in [5.41, 5.74) is 1.66. The van der Waals surface area contributed by atoms with Gasteiger partial charge < -0.3 is 9.47 Å². The van der Waals surface area contributed by atoms with Crippen LogP contribution in [0.25, 0.3) is 6.08 Å². The minimum atomic E-state index is -0.0566. The van der Waals surface area contributed by atoms with Crippen molar-refractivity contribution in [2.45, 2.75) is 38.6 Å². The zero-order valence-corrected chi connectivity index (χ0v) is 19.7. The zero-order valence-electron chi connectivity index (χ0n) is 18.9. The fourth-order valence-electron chi connectivity index (χ4n) is 4.30. The number of hydrogen-bond donors (Lipinski definition) is 0. The van der Waals surface area contributed by atoms with Crippen LogP contribution in [-0.4, -0.2) is 35.7 Å². The topological polar surface area (TPSA) is 74.9 Å². The lowest BCUT2D eigenvalue weighted by Gasteiger charge is -2.35. The highest BCUT2D eigenvalue weighted by atomic mass is 32.2. The van der Waals surface area contributed by atoms with Crippen LogP contribution in [0.4, 0.5) is 5.69 Å². The van der Waals surface area contributed by atoms with Crippen molar-refractivity contribution in [3.63, 3.8) is 0 Å². The summed E-state index contributed by atoms with van der Waals surface area (Å²) in [5, 5.41) is 9.50. The number of thioether (sulfide) groups is 1. The summed E-state index contributed by atoms with van der Waals surface area (Å²) in [6, 6.07) is 17.3. The van der Waals surface area contributed by atoms with Gasteiger partial charge in [0.05, 0.1) is 17.7 Å². The van der Waals surface area contributed by atoms with Crippen molar-refractivity contribution in [2.24, 2.45) is 10.9 Å². The third-order valence-corrected chi connectivity index (χ3v) is 6.98. The molecule has 0 aromatic heterocycles. The lowest BCUT2D eigenvalue weighted by Crippen LogP contribution is -2.44. The third kappa shape index (κ3) is 5.23. The SMILES string of the molecule is COc1cc(/C=C2\SC(=Nc3ccccc3)N([C@@H]3CCCC[C@H]3C)C2=O)ccc1OCC#N. The Morgan fingerprint density at radius 1 is 1.18 bits per heavy atom. The summed E-state index contributed by atoms with van der Waals surface area (Å²) in [7, 11) is 1.55. The Bertz CT molecular complexity index is 1110. The molecule has 7 heteroatoms. The van der Waals surface area contributed by atoms with Gasteiger partial charge in [0.15, 0.2) is 23.3 Å². The predicted octanol–water partition coefficient (Wildman–Crippen LogP) is 5.78. The van der Waals surface area contributed by atoms with E-state index in [9.17, 15) is 4.79 Å². The molecule has 2 atom stereocenters. The van der Waals surface area contributed by atoms with Gasteiger partial charge in [0, 0.05) is 6.04 Å². The molecule has 0 spiro atoms. The number of carbonyl (C=O) groups is 1. The molecule has 1 aliphatic carbocycles. The molecule has 0 bridgehead atoms. The summed E-state index contributed by atoms with van der Waals surface area (Å²) in [5.74, 6) is 1.44. The molecule has 2 aromatic carbocycles. The molecule has 1 amide bonds. The van der Waals surface area contributed by atoms with Crippen LogP contribution in [-0.2, 0) is 4.79 Å². The molecule has 0 unspecified atom stereocenters. The van der Waals surface area contributed by atoms with Gasteiger partial charge in [-0.1, -0.05) is 44.0 Å². The maximum absolute atomic E-state index is 13.6. The highest BCUT2D eigenvalue weighted by Gasteiger charge is 2.41. The first-order valence-corrected chi connectivity index (χ1v) is 12.0. The standard InChI is InChI=1S/C26H27N3O3S/c1-18-8-6-7-11-21(18)29-25(30)24(33-26(29)28-20-9-4-3-5-10-20)17-19-12-13-22(32-15-14-27)23(16-19)31-2/h3-5,9-10,12-13,16-18,21H,6-8,11,15H2,1-2H3/b24-17-,28-26?/t18-,21-/m1/s1. The average Bonchev–Trinajstić information content (AvgIpc) is 3.13. The van der Waals surface area contributed by atoms with Crippen LogP contribution in [0.1, 0.15) is 38.2 Å². The van der Waals surface area contributed by atoms with Gasteiger partial charge in [0.25, 0.3) is 5.91 Å². The number of amidine groups is 1. The molecule has 170 valence electrons. The van der Waals surface area contributed by atoms with E-state index < -0.39 is 0 Å². The molecule has 1 saturated carbocycles. The summed E-state index contributed by atoms with van der Waals surface area (Å²) in [4.78, 5) is 21.0. The number of aliphatic imine (C=N–C) groups is 1. The van der Waals surface area contributed by atoms with Crippen molar-refractivity contribution in [1.82, 2.24) is 4.90 Å². The smallest absolute Gasteiger partial charge is 0.267 e. The van der Waals surface area contributed by atoms with E-state index in [-0.39, 0.29) is 18.6 Å². The van der Waals surface area contributed by atoms with Gasteiger partial charge in [0.2, 0.25) is 0 Å². The van der Waals surface area contributed by atoms with E-state index in [2.05, 4.69) is 6.92 Å². The second kappa shape index (κ2) is 10.6. The summed E-state index contributed by atoms with van der Waals surface area (Å²) < 4.78 is 10.8. The second-order valence-corrected chi connectivity index (χ2v) is 9.21. The highest BCUT2D eigenvalue weighted by Crippen LogP contribution is 2.40. The van der Waals surface area contributed by atoms with E-state index in [1.165, 1.54) is 18.2 Å². The number of methoxy groups -OCH3 is 1. The molecule has 6 nitrogen and oxygen atoms in total. The van der Waals surface area contributed by atoms with E-state index >= 15 is 0 Å². The lowest BCUT2D eigenvalue weighted by molar-refractivity contribution is -0.124. The number of para-hydroxylation sites is 1. The van der Waals surface area contributed by atoms with Crippen molar-refractivity contribution in [2.75, 3.05) is 13.7 Å². The maximum atomic E-state index is 13.6. The van der Waals surface area contributed by atoms with Gasteiger partial charge in [-0.15, -0.1) is 0 Å².